The van der Waals surface area contributed by atoms with Crippen LogP contribution in [0.2, 0.25) is 0 Å². The van der Waals surface area contributed by atoms with E-state index in [-0.39, 0.29) is 10.8 Å². The van der Waals surface area contributed by atoms with Gasteiger partial charge in [-0.05, 0) is 55.8 Å². The zero-order chi connectivity index (χ0) is 20.3. The molecule has 1 aliphatic rings. The molecule has 0 atom stereocenters. The molecular formula is C21H27N3O3S. The normalized spacial score (nSPS) is 15.5. The second kappa shape index (κ2) is 8.32. The molecule has 6 nitrogen and oxygen atoms in total. The van der Waals surface area contributed by atoms with Crippen LogP contribution >= 0.6 is 0 Å². The van der Waals surface area contributed by atoms with Crippen LogP contribution in [0, 0.1) is 13.8 Å². The average Bonchev–Trinajstić information content (AvgIpc) is 2.67. The van der Waals surface area contributed by atoms with Gasteiger partial charge < -0.3 is 9.80 Å². The number of likely N-dealkylation sites (N-methyl/N-ethyl adjacent to an activating group) is 1. The van der Waals surface area contributed by atoms with E-state index in [4.69, 9.17) is 0 Å². The van der Waals surface area contributed by atoms with Crippen LogP contribution < -0.4 is 4.72 Å². The second-order valence-corrected chi connectivity index (χ2v) is 8.83. The van der Waals surface area contributed by atoms with E-state index in [1.807, 2.05) is 13.0 Å². The third-order valence-corrected chi connectivity index (χ3v) is 6.62. The third-order valence-electron chi connectivity index (χ3n) is 5.10. The Morgan fingerprint density at radius 3 is 2.39 bits per heavy atom. The van der Waals surface area contributed by atoms with Crippen LogP contribution in [0.4, 0.5) is 5.69 Å². The van der Waals surface area contributed by atoms with E-state index >= 15 is 0 Å². The number of hydrogen-bond donors (Lipinski definition) is 1. The molecule has 3 rings (SSSR count). The first-order valence-electron chi connectivity index (χ1n) is 9.52. The Balaban J connectivity index is 1.83. The number of sulfonamides is 1. The molecular weight excluding hydrogens is 374 g/mol. The number of carbonyl (C=O) groups is 1. The van der Waals surface area contributed by atoms with Crippen molar-refractivity contribution in [3.8, 4) is 0 Å². The van der Waals surface area contributed by atoms with Crippen LogP contribution in [-0.2, 0) is 10.0 Å². The Hall–Kier alpha value is -2.38. The summed E-state index contributed by atoms with van der Waals surface area (Å²) in [6, 6.07) is 12.1. The van der Waals surface area contributed by atoms with Gasteiger partial charge in [0.1, 0.15) is 0 Å². The molecule has 1 N–H and O–H groups in total. The van der Waals surface area contributed by atoms with Gasteiger partial charge in [0.05, 0.1) is 4.90 Å². The lowest BCUT2D eigenvalue weighted by Gasteiger charge is -2.34. The largest absolute Gasteiger partial charge is 0.336 e. The standard InChI is InChI=1S/C21H27N3O3S/c1-4-23-10-12-24(13-11-23)21(25)18-9-8-17(3)20(15-18)28(26,27)22-19-7-5-6-16(2)14-19/h5-9,14-15,22H,4,10-13H2,1-3H3. The number of rotatable bonds is 5. The van der Waals surface area contributed by atoms with E-state index < -0.39 is 10.0 Å². The Kier molecular flexibility index (Phi) is 6.05. The minimum absolute atomic E-state index is 0.122. The number of piperazine rings is 1. The molecule has 0 aromatic heterocycles. The molecule has 28 heavy (non-hydrogen) atoms. The molecule has 2 aromatic rings. The lowest BCUT2D eigenvalue weighted by molar-refractivity contribution is 0.0643. The maximum atomic E-state index is 12.9. The van der Waals surface area contributed by atoms with Crippen LogP contribution in [0.5, 0.6) is 0 Å². The highest BCUT2D eigenvalue weighted by atomic mass is 32.2. The van der Waals surface area contributed by atoms with E-state index in [1.54, 1.807) is 42.2 Å². The van der Waals surface area contributed by atoms with Gasteiger partial charge >= 0.3 is 0 Å². The van der Waals surface area contributed by atoms with Crippen molar-refractivity contribution in [2.24, 2.45) is 0 Å². The number of aryl methyl sites for hydroxylation is 2. The Bertz CT molecular complexity index is 965. The number of nitrogens with one attached hydrogen (secondary N) is 1. The molecule has 0 unspecified atom stereocenters. The molecule has 7 heteroatoms. The van der Waals surface area contributed by atoms with E-state index in [0.29, 0.717) is 29.9 Å². The number of amides is 1. The third kappa shape index (κ3) is 4.54. The van der Waals surface area contributed by atoms with E-state index in [2.05, 4.69) is 16.5 Å². The second-order valence-electron chi connectivity index (χ2n) is 7.18. The van der Waals surface area contributed by atoms with Crippen molar-refractivity contribution in [1.82, 2.24) is 9.80 Å². The number of benzene rings is 2. The smallest absolute Gasteiger partial charge is 0.262 e. The molecule has 1 saturated heterocycles. The lowest BCUT2D eigenvalue weighted by atomic mass is 10.1. The van der Waals surface area contributed by atoms with Gasteiger partial charge in [0, 0.05) is 37.4 Å². The molecule has 0 saturated carbocycles. The summed E-state index contributed by atoms with van der Waals surface area (Å²) in [6.07, 6.45) is 0. The zero-order valence-corrected chi connectivity index (χ0v) is 17.4. The fourth-order valence-corrected chi connectivity index (χ4v) is 4.71. The molecule has 0 spiro atoms. The first-order valence-corrected chi connectivity index (χ1v) is 11.0. The predicted octanol–water partition coefficient (Wildman–Crippen LogP) is 2.88. The van der Waals surface area contributed by atoms with Crippen molar-refractivity contribution in [2.75, 3.05) is 37.4 Å². The topological polar surface area (TPSA) is 69.7 Å². The Morgan fingerprint density at radius 2 is 1.75 bits per heavy atom. The molecule has 0 aliphatic carbocycles. The Labute approximate surface area is 167 Å². The quantitative estimate of drug-likeness (QED) is 0.836. The molecule has 150 valence electrons. The first-order chi connectivity index (χ1) is 13.3. The van der Waals surface area contributed by atoms with Crippen LogP contribution in [0.25, 0.3) is 0 Å². The number of carbonyl (C=O) groups excluding carboxylic acids is 1. The average molecular weight is 402 g/mol. The maximum absolute atomic E-state index is 12.9. The van der Waals surface area contributed by atoms with Gasteiger partial charge in [-0.15, -0.1) is 0 Å². The lowest BCUT2D eigenvalue weighted by Crippen LogP contribution is -2.48. The van der Waals surface area contributed by atoms with Crippen molar-refractivity contribution in [2.45, 2.75) is 25.7 Å². The van der Waals surface area contributed by atoms with Crippen molar-refractivity contribution >= 4 is 21.6 Å². The van der Waals surface area contributed by atoms with Crippen LogP contribution in [-0.4, -0.2) is 56.8 Å². The molecule has 1 amide bonds. The van der Waals surface area contributed by atoms with Gasteiger partial charge in [-0.2, -0.15) is 0 Å². The minimum atomic E-state index is -3.79. The minimum Gasteiger partial charge on any atom is -0.336 e. The number of nitrogens with zero attached hydrogens (tertiary/aromatic N) is 2. The van der Waals surface area contributed by atoms with Gasteiger partial charge in [0.25, 0.3) is 15.9 Å². The fourth-order valence-electron chi connectivity index (χ4n) is 3.39. The summed E-state index contributed by atoms with van der Waals surface area (Å²) in [5, 5.41) is 0. The zero-order valence-electron chi connectivity index (χ0n) is 16.6. The van der Waals surface area contributed by atoms with Gasteiger partial charge in [0.2, 0.25) is 0 Å². The highest BCUT2D eigenvalue weighted by Crippen LogP contribution is 2.22. The van der Waals surface area contributed by atoms with Crippen molar-refractivity contribution < 1.29 is 13.2 Å². The predicted molar refractivity (Wildman–Crippen MR) is 111 cm³/mol. The SMILES string of the molecule is CCN1CCN(C(=O)c2ccc(C)c(S(=O)(=O)Nc3cccc(C)c3)c2)CC1. The molecule has 1 fully saturated rings. The summed E-state index contributed by atoms with van der Waals surface area (Å²) >= 11 is 0. The van der Waals surface area contributed by atoms with E-state index in [0.717, 1.165) is 25.2 Å². The van der Waals surface area contributed by atoms with Crippen LogP contribution in [0.3, 0.4) is 0 Å². The van der Waals surface area contributed by atoms with E-state index in [9.17, 15) is 13.2 Å². The monoisotopic (exact) mass is 401 g/mol. The van der Waals surface area contributed by atoms with Crippen molar-refractivity contribution in [3.05, 3.63) is 59.2 Å². The molecule has 0 radical (unpaired) electrons. The Morgan fingerprint density at radius 1 is 1.04 bits per heavy atom. The van der Waals surface area contributed by atoms with Crippen LogP contribution in [0.15, 0.2) is 47.4 Å². The number of hydrogen-bond acceptors (Lipinski definition) is 4. The highest BCUT2D eigenvalue weighted by Gasteiger charge is 2.24. The summed E-state index contributed by atoms with van der Waals surface area (Å²) < 4.78 is 28.5. The van der Waals surface area contributed by atoms with Gasteiger partial charge in [-0.1, -0.05) is 25.1 Å². The molecule has 0 bridgehead atoms. The fraction of sp³-hybridized carbons (Fsp3) is 0.381. The molecule has 1 aliphatic heterocycles. The van der Waals surface area contributed by atoms with E-state index in [1.165, 1.54) is 6.07 Å². The summed E-state index contributed by atoms with van der Waals surface area (Å²) in [6.45, 7) is 9.71. The summed E-state index contributed by atoms with van der Waals surface area (Å²) in [7, 11) is -3.79. The van der Waals surface area contributed by atoms with Crippen molar-refractivity contribution in [3.63, 3.8) is 0 Å². The number of anilines is 1. The summed E-state index contributed by atoms with van der Waals surface area (Å²) in [5.74, 6) is -0.122. The van der Waals surface area contributed by atoms with Gasteiger partial charge in [0.15, 0.2) is 0 Å². The van der Waals surface area contributed by atoms with Gasteiger partial charge in [-0.3, -0.25) is 9.52 Å². The molecule has 1 heterocycles. The maximum Gasteiger partial charge on any atom is 0.262 e. The summed E-state index contributed by atoms with van der Waals surface area (Å²) in [4.78, 5) is 17.1. The van der Waals surface area contributed by atoms with Gasteiger partial charge in [-0.25, -0.2) is 8.42 Å². The highest BCUT2D eigenvalue weighted by molar-refractivity contribution is 7.92. The summed E-state index contributed by atoms with van der Waals surface area (Å²) in [5.41, 5.74) is 2.48. The van der Waals surface area contributed by atoms with Crippen molar-refractivity contribution in [1.29, 1.82) is 0 Å². The van der Waals surface area contributed by atoms with Crippen LogP contribution in [0.1, 0.15) is 28.4 Å². The first kappa shape index (κ1) is 20.4. The molecule has 2 aromatic carbocycles.